The minimum Gasteiger partial charge on any atom is -0.496 e. The van der Waals surface area contributed by atoms with Crippen LogP contribution in [0.15, 0.2) is 36.4 Å². The number of nitrogens with zero attached hydrogens (tertiary/aromatic N) is 2. The predicted molar refractivity (Wildman–Crippen MR) is 99.8 cm³/mol. The molecule has 0 unspecified atom stereocenters. The molecule has 1 fully saturated rings. The maximum Gasteiger partial charge on any atom is 0.257 e. The van der Waals surface area contributed by atoms with Crippen LogP contribution in [0, 0.1) is 5.82 Å². The van der Waals surface area contributed by atoms with Gasteiger partial charge in [0.05, 0.1) is 19.3 Å². The van der Waals surface area contributed by atoms with Crippen LogP contribution in [0.2, 0.25) is 0 Å². The average Bonchev–Trinajstić information content (AvgIpc) is 3.16. The molecule has 2 aliphatic heterocycles. The number of benzene rings is 2. The number of ether oxygens (including phenoxy) is 2. The summed E-state index contributed by atoms with van der Waals surface area (Å²) < 4.78 is 24.3. The summed E-state index contributed by atoms with van der Waals surface area (Å²) in [7, 11) is 1.49. The van der Waals surface area contributed by atoms with Crippen molar-refractivity contribution < 1.29 is 18.7 Å². The molecule has 0 aromatic heterocycles. The molecule has 2 aliphatic rings. The van der Waals surface area contributed by atoms with Crippen molar-refractivity contribution in [1.29, 1.82) is 0 Å². The smallest absolute Gasteiger partial charge is 0.257 e. The summed E-state index contributed by atoms with van der Waals surface area (Å²) in [5.41, 5.74) is 2.83. The van der Waals surface area contributed by atoms with Gasteiger partial charge in [-0.05, 0) is 35.4 Å². The van der Waals surface area contributed by atoms with E-state index in [1.54, 1.807) is 4.90 Å². The Balaban J connectivity index is 1.37. The molecule has 2 aromatic rings. The third-order valence-electron chi connectivity index (χ3n) is 5.21. The van der Waals surface area contributed by atoms with Gasteiger partial charge in [0.2, 0.25) is 0 Å². The van der Waals surface area contributed by atoms with Gasteiger partial charge in [0.15, 0.2) is 0 Å². The number of hydrogen-bond donors (Lipinski definition) is 0. The summed E-state index contributed by atoms with van der Waals surface area (Å²) in [6.07, 6.45) is 0.973. The zero-order chi connectivity index (χ0) is 18.8. The first-order chi connectivity index (χ1) is 13.1. The molecule has 0 spiro atoms. The number of hydrogen-bond acceptors (Lipinski definition) is 4. The lowest BCUT2D eigenvalue weighted by Crippen LogP contribution is -2.48. The fourth-order valence-electron chi connectivity index (χ4n) is 3.72. The van der Waals surface area contributed by atoms with E-state index in [9.17, 15) is 9.18 Å². The maximum atomic E-state index is 13.6. The number of fused-ring (bicyclic) bond motifs is 1. The maximum absolute atomic E-state index is 13.6. The molecule has 2 aromatic carbocycles. The van der Waals surface area contributed by atoms with Gasteiger partial charge in [0.1, 0.15) is 17.3 Å². The molecule has 2 heterocycles. The molecule has 0 saturated carbocycles. The lowest BCUT2D eigenvalue weighted by atomic mass is 10.1. The Morgan fingerprint density at radius 2 is 1.96 bits per heavy atom. The second kappa shape index (κ2) is 7.56. The van der Waals surface area contributed by atoms with Gasteiger partial charge < -0.3 is 14.4 Å². The molecule has 0 aliphatic carbocycles. The first-order valence-corrected chi connectivity index (χ1v) is 9.24. The highest BCUT2D eigenvalue weighted by molar-refractivity contribution is 5.97. The monoisotopic (exact) mass is 370 g/mol. The van der Waals surface area contributed by atoms with Crippen LogP contribution in [0.25, 0.3) is 0 Å². The number of amides is 1. The van der Waals surface area contributed by atoms with E-state index in [0.717, 1.165) is 38.4 Å². The zero-order valence-electron chi connectivity index (χ0n) is 15.4. The Bertz CT molecular complexity index is 847. The molecular formula is C21H23FN2O3. The Labute approximate surface area is 158 Å². The number of piperazine rings is 1. The average molecular weight is 370 g/mol. The molecule has 5 nitrogen and oxygen atoms in total. The SMILES string of the molecule is COc1ccc(F)cc1C(=O)N1CCN(Cc2ccc3c(c2)CCO3)CC1. The summed E-state index contributed by atoms with van der Waals surface area (Å²) in [5.74, 6) is 0.793. The highest BCUT2D eigenvalue weighted by Crippen LogP contribution is 2.27. The molecule has 0 N–H and O–H groups in total. The molecule has 1 amide bonds. The summed E-state index contributed by atoms with van der Waals surface area (Å²) >= 11 is 0. The van der Waals surface area contributed by atoms with Gasteiger partial charge >= 0.3 is 0 Å². The van der Waals surface area contributed by atoms with Crippen molar-refractivity contribution >= 4 is 5.91 Å². The molecule has 0 atom stereocenters. The molecule has 6 heteroatoms. The van der Waals surface area contributed by atoms with Gasteiger partial charge in [0, 0.05) is 39.1 Å². The van der Waals surface area contributed by atoms with Crippen LogP contribution >= 0.6 is 0 Å². The van der Waals surface area contributed by atoms with E-state index in [1.807, 2.05) is 6.07 Å². The van der Waals surface area contributed by atoms with E-state index in [1.165, 1.54) is 36.4 Å². The minimum absolute atomic E-state index is 0.180. The van der Waals surface area contributed by atoms with Crippen molar-refractivity contribution in [1.82, 2.24) is 9.80 Å². The van der Waals surface area contributed by atoms with Crippen LogP contribution in [0.3, 0.4) is 0 Å². The van der Waals surface area contributed by atoms with Gasteiger partial charge in [0.25, 0.3) is 5.91 Å². The van der Waals surface area contributed by atoms with Crippen molar-refractivity contribution in [3.63, 3.8) is 0 Å². The highest BCUT2D eigenvalue weighted by Gasteiger charge is 2.25. The number of halogens is 1. The lowest BCUT2D eigenvalue weighted by Gasteiger charge is -2.35. The molecule has 0 bridgehead atoms. The Hall–Kier alpha value is -2.60. The van der Waals surface area contributed by atoms with Crippen molar-refractivity contribution in [3.8, 4) is 11.5 Å². The van der Waals surface area contributed by atoms with Crippen LogP contribution in [0.4, 0.5) is 4.39 Å². The van der Waals surface area contributed by atoms with Crippen molar-refractivity contribution in [2.75, 3.05) is 39.9 Å². The zero-order valence-corrected chi connectivity index (χ0v) is 15.4. The topological polar surface area (TPSA) is 42.0 Å². The van der Waals surface area contributed by atoms with Crippen LogP contribution in [-0.4, -0.2) is 55.6 Å². The van der Waals surface area contributed by atoms with Crippen LogP contribution in [-0.2, 0) is 13.0 Å². The van der Waals surface area contributed by atoms with Crippen molar-refractivity contribution in [2.45, 2.75) is 13.0 Å². The third-order valence-corrected chi connectivity index (χ3v) is 5.21. The van der Waals surface area contributed by atoms with Crippen LogP contribution < -0.4 is 9.47 Å². The number of carbonyl (C=O) groups is 1. The third kappa shape index (κ3) is 3.76. The summed E-state index contributed by atoms with van der Waals surface area (Å²) in [4.78, 5) is 16.9. The van der Waals surface area contributed by atoms with Gasteiger partial charge in [-0.25, -0.2) is 4.39 Å². The predicted octanol–water partition coefficient (Wildman–Crippen LogP) is 2.73. The number of methoxy groups -OCH3 is 1. The van der Waals surface area contributed by atoms with Crippen LogP contribution in [0.5, 0.6) is 11.5 Å². The van der Waals surface area contributed by atoms with Gasteiger partial charge in [-0.15, -0.1) is 0 Å². The van der Waals surface area contributed by atoms with Crippen LogP contribution in [0.1, 0.15) is 21.5 Å². The summed E-state index contributed by atoms with van der Waals surface area (Å²) in [5, 5.41) is 0. The van der Waals surface area contributed by atoms with Gasteiger partial charge in [-0.1, -0.05) is 12.1 Å². The molecule has 142 valence electrons. The normalized spacial score (nSPS) is 16.7. The fourth-order valence-corrected chi connectivity index (χ4v) is 3.72. The van der Waals surface area contributed by atoms with E-state index >= 15 is 0 Å². The van der Waals surface area contributed by atoms with Gasteiger partial charge in [-0.2, -0.15) is 0 Å². The lowest BCUT2D eigenvalue weighted by molar-refractivity contribution is 0.0624. The minimum atomic E-state index is -0.432. The summed E-state index contributed by atoms with van der Waals surface area (Å²) in [6, 6.07) is 10.4. The fraction of sp³-hybridized carbons (Fsp3) is 0.381. The molecule has 1 saturated heterocycles. The van der Waals surface area contributed by atoms with E-state index in [4.69, 9.17) is 9.47 Å². The molecule has 27 heavy (non-hydrogen) atoms. The Morgan fingerprint density at radius 3 is 2.74 bits per heavy atom. The highest BCUT2D eigenvalue weighted by atomic mass is 19.1. The number of rotatable bonds is 4. The standard InChI is InChI=1S/C21H23FN2O3/c1-26-20-5-3-17(22)13-18(20)21(25)24-9-7-23(8-10-24)14-15-2-4-19-16(12-15)6-11-27-19/h2-5,12-13H,6-11,14H2,1H3. The first kappa shape index (κ1) is 17.8. The van der Waals surface area contributed by atoms with Crippen molar-refractivity contribution in [3.05, 3.63) is 58.9 Å². The first-order valence-electron chi connectivity index (χ1n) is 9.24. The molecular weight excluding hydrogens is 347 g/mol. The summed E-state index contributed by atoms with van der Waals surface area (Å²) in [6.45, 7) is 4.44. The quantitative estimate of drug-likeness (QED) is 0.830. The molecule has 0 radical (unpaired) electrons. The Kier molecular flexibility index (Phi) is 4.99. The van der Waals surface area contributed by atoms with Crippen molar-refractivity contribution in [2.24, 2.45) is 0 Å². The second-order valence-corrected chi connectivity index (χ2v) is 6.95. The van der Waals surface area contributed by atoms with E-state index in [2.05, 4.69) is 17.0 Å². The van der Waals surface area contributed by atoms with E-state index in [-0.39, 0.29) is 11.5 Å². The van der Waals surface area contributed by atoms with E-state index in [0.29, 0.717) is 18.8 Å². The van der Waals surface area contributed by atoms with E-state index < -0.39 is 5.82 Å². The number of carbonyl (C=O) groups excluding carboxylic acids is 1. The second-order valence-electron chi connectivity index (χ2n) is 6.95. The molecule has 4 rings (SSSR count). The Morgan fingerprint density at radius 1 is 1.15 bits per heavy atom. The van der Waals surface area contributed by atoms with Gasteiger partial charge in [-0.3, -0.25) is 9.69 Å². The largest absolute Gasteiger partial charge is 0.496 e.